The molecule has 0 atom stereocenters. The van der Waals surface area contributed by atoms with Crippen LogP contribution in [0.1, 0.15) is 11.1 Å². The minimum atomic E-state index is -4.58. The zero-order valence-corrected chi connectivity index (χ0v) is 15.6. The first-order valence-corrected chi connectivity index (χ1v) is 9.77. The molecule has 0 aliphatic heterocycles. The molecule has 0 spiro atoms. The third kappa shape index (κ3) is 7.53. The number of rotatable bonds is 8. The molecule has 0 bridgehead atoms. The third-order valence-electron chi connectivity index (χ3n) is 3.60. The molecule has 0 saturated carbocycles. The van der Waals surface area contributed by atoms with Crippen LogP contribution in [0.25, 0.3) is 6.08 Å². The predicted octanol–water partition coefficient (Wildman–Crippen LogP) is 3.17. The van der Waals surface area contributed by atoms with Gasteiger partial charge in [-0.3, -0.25) is 4.79 Å². The summed E-state index contributed by atoms with van der Waals surface area (Å²) in [5, 5.41) is 2.62. The van der Waals surface area contributed by atoms with Gasteiger partial charge >= 0.3 is 6.18 Å². The van der Waals surface area contributed by atoms with E-state index in [1.807, 2.05) is 0 Å². The van der Waals surface area contributed by atoms with E-state index in [0.29, 0.717) is 11.1 Å². The fraction of sp³-hybridized carbons (Fsp3) is 0.211. The molecule has 2 aromatic carbocycles. The summed E-state index contributed by atoms with van der Waals surface area (Å²) < 4.78 is 63.0. The summed E-state index contributed by atoms with van der Waals surface area (Å²) in [6.07, 6.45) is -3.22. The van der Waals surface area contributed by atoms with Gasteiger partial charge in [0, 0.05) is 12.0 Å². The zero-order valence-electron chi connectivity index (χ0n) is 14.8. The van der Waals surface area contributed by atoms with E-state index in [4.69, 9.17) is 0 Å². The van der Waals surface area contributed by atoms with E-state index in [0.717, 1.165) is 9.71 Å². The molecular weight excluding hydrogens is 393 g/mol. The van der Waals surface area contributed by atoms with Gasteiger partial charge < -0.3 is 5.32 Å². The lowest BCUT2D eigenvalue weighted by molar-refractivity contribution is -0.138. The molecule has 1 N–H and O–H groups in total. The van der Waals surface area contributed by atoms with E-state index < -0.39 is 35.2 Å². The molecule has 150 valence electrons. The van der Waals surface area contributed by atoms with Crippen LogP contribution in [0.4, 0.5) is 13.2 Å². The second-order valence-electron chi connectivity index (χ2n) is 5.90. The van der Waals surface area contributed by atoms with Crippen LogP contribution in [0, 0.1) is 0 Å². The molecule has 28 heavy (non-hydrogen) atoms. The Kier molecular flexibility index (Phi) is 7.36. The molecule has 1 amide bonds. The molecule has 0 aliphatic rings. The van der Waals surface area contributed by atoms with Crippen LogP contribution in [0.15, 0.2) is 66.1 Å². The Bertz CT molecular complexity index is 899. The van der Waals surface area contributed by atoms with Crippen molar-refractivity contribution in [3.63, 3.8) is 0 Å². The highest BCUT2D eigenvalue weighted by Crippen LogP contribution is 2.14. The maximum absolute atomic E-state index is 12.7. The molecule has 5 nitrogen and oxygen atoms in total. The van der Waals surface area contributed by atoms with Crippen LogP contribution in [0.2, 0.25) is 0 Å². The Balaban J connectivity index is 2.18. The lowest BCUT2D eigenvalue weighted by Gasteiger charge is -2.20. The number of alkyl halides is 3. The van der Waals surface area contributed by atoms with Gasteiger partial charge in [0.1, 0.15) is 6.54 Å². The lowest BCUT2D eigenvalue weighted by atomic mass is 10.2. The number of amides is 1. The fourth-order valence-electron chi connectivity index (χ4n) is 2.25. The van der Waals surface area contributed by atoms with Crippen molar-refractivity contribution in [3.8, 4) is 0 Å². The first-order valence-electron chi connectivity index (χ1n) is 8.26. The number of halogens is 3. The molecule has 2 rings (SSSR count). The zero-order chi connectivity index (χ0) is 20.6. The van der Waals surface area contributed by atoms with Crippen LogP contribution >= 0.6 is 0 Å². The van der Waals surface area contributed by atoms with E-state index in [1.165, 1.54) is 6.08 Å². The van der Waals surface area contributed by atoms with Crippen molar-refractivity contribution in [1.82, 2.24) is 9.62 Å². The monoisotopic (exact) mass is 412 g/mol. The Labute approximate surface area is 161 Å². The molecule has 0 aliphatic carbocycles. The number of benzene rings is 2. The smallest absolute Gasteiger partial charge is 0.346 e. The van der Waals surface area contributed by atoms with Gasteiger partial charge in [-0.25, -0.2) is 8.42 Å². The van der Waals surface area contributed by atoms with Crippen LogP contribution in [0.5, 0.6) is 0 Å². The molecule has 0 radical (unpaired) electrons. The van der Waals surface area contributed by atoms with Crippen LogP contribution in [-0.4, -0.2) is 37.9 Å². The fourth-order valence-corrected chi connectivity index (χ4v) is 3.38. The molecule has 0 fully saturated rings. The number of hydrogen-bond donors (Lipinski definition) is 1. The maximum atomic E-state index is 12.7. The number of nitrogens with one attached hydrogen (secondary N) is 1. The second-order valence-corrected chi connectivity index (χ2v) is 7.72. The molecule has 0 saturated heterocycles. The highest BCUT2D eigenvalue weighted by Gasteiger charge is 2.29. The number of carbonyl (C=O) groups excluding carboxylic acids is 1. The van der Waals surface area contributed by atoms with E-state index in [-0.39, 0.29) is 6.54 Å². The Morgan fingerprint density at radius 1 is 1.00 bits per heavy atom. The summed E-state index contributed by atoms with van der Waals surface area (Å²) in [6.45, 7) is -2.40. The summed E-state index contributed by atoms with van der Waals surface area (Å²) in [7, 11) is -4.06. The molecule has 0 unspecified atom stereocenters. The number of carbonyl (C=O) groups is 1. The van der Waals surface area contributed by atoms with Crippen molar-refractivity contribution in [3.05, 3.63) is 77.2 Å². The van der Waals surface area contributed by atoms with Crippen molar-refractivity contribution < 1.29 is 26.4 Å². The van der Waals surface area contributed by atoms with Gasteiger partial charge in [-0.15, -0.1) is 0 Å². The van der Waals surface area contributed by atoms with Gasteiger partial charge in [-0.1, -0.05) is 60.7 Å². The average Bonchev–Trinajstić information content (AvgIpc) is 2.65. The third-order valence-corrected chi connectivity index (χ3v) is 5.06. The first kappa shape index (κ1) is 21.6. The van der Waals surface area contributed by atoms with E-state index in [9.17, 15) is 26.4 Å². The topological polar surface area (TPSA) is 66.5 Å². The largest absolute Gasteiger partial charge is 0.405 e. The SMILES string of the molecule is O=C(CN(Cc1ccccc1)S(=O)(=O)C=Cc1ccccc1)NCC(F)(F)F. The molecule has 0 aromatic heterocycles. The highest BCUT2D eigenvalue weighted by atomic mass is 32.2. The van der Waals surface area contributed by atoms with Crippen molar-refractivity contribution >= 4 is 22.0 Å². The standard InChI is InChI=1S/C19H19F3N2O3S/c20-19(21,22)15-23-18(25)14-24(13-17-9-5-2-6-10-17)28(26,27)12-11-16-7-3-1-4-8-16/h1-12H,13-15H2,(H,23,25). The molecule has 0 heterocycles. The van der Waals surface area contributed by atoms with Gasteiger partial charge in [-0.2, -0.15) is 17.5 Å². The van der Waals surface area contributed by atoms with E-state index in [2.05, 4.69) is 0 Å². The van der Waals surface area contributed by atoms with Crippen molar-refractivity contribution in [1.29, 1.82) is 0 Å². The minimum absolute atomic E-state index is 0.151. The number of sulfonamides is 1. The van der Waals surface area contributed by atoms with Gasteiger partial charge in [0.25, 0.3) is 0 Å². The van der Waals surface area contributed by atoms with Crippen LogP contribution in [-0.2, 0) is 21.4 Å². The van der Waals surface area contributed by atoms with Gasteiger partial charge in [0.2, 0.25) is 15.9 Å². The number of hydrogen-bond acceptors (Lipinski definition) is 3. The van der Waals surface area contributed by atoms with E-state index >= 15 is 0 Å². The summed E-state index contributed by atoms with van der Waals surface area (Å²) >= 11 is 0. The van der Waals surface area contributed by atoms with Gasteiger partial charge in [0.15, 0.2) is 0 Å². The lowest BCUT2D eigenvalue weighted by Crippen LogP contribution is -2.42. The quantitative estimate of drug-likeness (QED) is 0.724. The Morgan fingerprint density at radius 2 is 1.57 bits per heavy atom. The van der Waals surface area contributed by atoms with Crippen LogP contribution in [0.3, 0.4) is 0 Å². The second kappa shape index (κ2) is 9.52. The van der Waals surface area contributed by atoms with E-state index in [1.54, 1.807) is 66.0 Å². The van der Waals surface area contributed by atoms with Gasteiger partial charge in [-0.05, 0) is 17.2 Å². The normalized spacial score (nSPS) is 12.4. The summed E-state index contributed by atoms with van der Waals surface area (Å²) in [6, 6.07) is 17.1. The minimum Gasteiger partial charge on any atom is -0.346 e. The van der Waals surface area contributed by atoms with Gasteiger partial charge in [0.05, 0.1) is 6.54 Å². The maximum Gasteiger partial charge on any atom is 0.405 e. The van der Waals surface area contributed by atoms with Crippen molar-refractivity contribution in [2.75, 3.05) is 13.1 Å². The first-order chi connectivity index (χ1) is 13.2. The Hall–Kier alpha value is -2.65. The average molecular weight is 412 g/mol. The Morgan fingerprint density at radius 3 is 2.14 bits per heavy atom. The van der Waals surface area contributed by atoms with Crippen LogP contribution < -0.4 is 5.32 Å². The summed E-state index contributed by atoms with van der Waals surface area (Å²) in [4.78, 5) is 11.9. The summed E-state index contributed by atoms with van der Waals surface area (Å²) in [5.41, 5.74) is 1.23. The number of nitrogens with zero attached hydrogens (tertiary/aromatic N) is 1. The van der Waals surface area contributed by atoms with Crippen molar-refractivity contribution in [2.24, 2.45) is 0 Å². The molecule has 2 aromatic rings. The predicted molar refractivity (Wildman–Crippen MR) is 100 cm³/mol. The molecule has 9 heteroatoms. The molecular formula is C19H19F3N2O3S. The highest BCUT2D eigenvalue weighted by molar-refractivity contribution is 7.92. The van der Waals surface area contributed by atoms with Crippen molar-refractivity contribution in [2.45, 2.75) is 12.7 Å². The summed E-state index contributed by atoms with van der Waals surface area (Å²) in [5.74, 6) is -1.04.